The summed E-state index contributed by atoms with van der Waals surface area (Å²) in [5.74, 6) is 0.150. The van der Waals surface area contributed by atoms with Crippen molar-refractivity contribution < 1.29 is 23.6 Å². The minimum absolute atomic E-state index is 0.0510. The van der Waals surface area contributed by atoms with Crippen LogP contribution < -0.4 is 4.74 Å². The number of hydrogen-bond donors (Lipinski definition) is 0. The molecule has 4 heterocycles. The third-order valence-corrected chi connectivity index (χ3v) is 6.10. The highest BCUT2D eigenvalue weighted by Gasteiger charge is 2.67. The second kappa shape index (κ2) is 7.28. The van der Waals surface area contributed by atoms with Crippen molar-refractivity contribution >= 4 is 11.8 Å². The smallest absolute Gasteiger partial charge is 0.230 e. The highest BCUT2D eigenvalue weighted by molar-refractivity contribution is 5.93. The van der Waals surface area contributed by atoms with E-state index in [1.165, 1.54) is 0 Å². The van der Waals surface area contributed by atoms with Crippen molar-refractivity contribution in [3.63, 3.8) is 0 Å². The van der Waals surface area contributed by atoms with Crippen molar-refractivity contribution in [1.82, 2.24) is 15.0 Å². The average Bonchev–Trinajstić information content (AvgIpc) is 3.51. The van der Waals surface area contributed by atoms with E-state index in [1.54, 1.807) is 29.1 Å². The molecule has 8 heteroatoms. The maximum Gasteiger partial charge on any atom is 0.230 e. The van der Waals surface area contributed by atoms with E-state index in [2.05, 4.69) is 5.16 Å². The number of nitrogens with zero attached hydrogens (tertiary/aromatic N) is 3. The molecule has 2 bridgehead atoms. The van der Waals surface area contributed by atoms with E-state index in [0.717, 1.165) is 5.75 Å². The Hall–Kier alpha value is -3.13. The van der Waals surface area contributed by atoms with Crippen LogP contribution in [0.1, 0.15) is 5.76 Å². The van der Waals surface area contributed by atoms with Gasteiger partial charge >= 0.3 is 0 Å². The van der Waals surface area contributed by atoms with Gasteiger partial charge < -0.3 is 23.8 Å². The summed E-state index contributed by atoms with van der Waals surface area (Å²) in [5.41, 5.74) is -0.720. The van der Waals surface area contributed by atoms with Crippen LogP contribution in [-0.4, -0.2) is 65.2 Å². The Morgan fingerprint density at radius 1 is 1.33 bits per heavy atom. The van der Waals surface area contributed by atoms with Crippen LogP contribution in [0.5, 0.6) is 5.75 Å². The van der Waals surface area contributed by atoms with Gasteiger partial charge in [0.2, 0.25) is 11.8 Å². The molecule has 2 fully saturated rings. The summed E-state index contributed by atoms with van der Waals surface area (Å²) in [6.45, 7) is 1.57. The lowest BCUT2D eigenvalue weighted by Gasteiger charge is -2.27. The predicted molar refractivity (Wildman–Crippen MR) is 105 cm³/mol. The first kappa shape index (κ1) is 18.9. The van der Waals surface area contributed by atoms with Crippen LogP contribution in [0.3, 0.4) is 0 Å². The Morgan fingerprint density at radius 3 is 2.93 bits per heavy atom. The van der Waals surface area contributed by atoms with Gasteiger partial charge in [0, 0.05) is 13.1 Å². The number of carbonyl (C=O) groups is 2. The zero-order chi connectivity index (χ0) is 20.7. The number of carbonyl (C=O) groups excluding carboxylic acids is 2. The standard InChI is InChI=1S/C22H23N3O5/c1-24(13-16-8-10-23-30-16)20(26)18-17-7-9-22(29-17)14-25(21(27)19(18)22)11-12-28-15-5-3-2-4-6-15/h2-10,17-19H,11-14H2,1H3/t17-,18+,19-,22-/m0/s1. The first-order chi connectivity index (χ1) is 14.6. The maximum absolute atomic E-state index is 13.2. The molecule has 3 aliphatic heterocycles. The van der Waals surface area contributed by atoms with E-state index < -0.39 is 17.4 Å². The quantitative estimate of drug-likeness (QED) is 0.645. The lowest BCUT2D eigenvalue weighted by Crippen LogP contribution is -2.44. The fourth-order valence-corrected chi connectivity index (χ4v) is 4.73. The fraction of sp³-hybridized carbons (Fsp3) is 0.409. The normalized spacial score (nSPS) is 28.8. The highest BCUT2D eigenvalue weighted by atomic mass is 16.5. The van der Waals surface area contributed by atoms with Crippen molar-refractivity contribution in [2.24, 2.45) is 11.8 Å². The highest BCUT2D eigenvalue weighted by Crippen LogP contribution is 2.52. The summed E-state index contributed by atoms with van der Waals surface area (Å²) in [4.78, 5) is 29.8. The molecule has 1 spiro atoms. The van der Waals surface area contributed by atoms with E-state index in [9.17, 15) is 9.59 Å². The molecular weight excluding hydrogens is 386 g/mol. The molecule has 0 saturated carbocycles. The van der Waals surface area contributed by atoms with Crippen LogP contribution in [-0.2, 0) is 20.9 Å². The van der Waals surface area contributed by atoms with E-state index in [0.29, 0.717) is 32.0 Å². The Labute approximate surface area is 174 Å². The summed E-state index contributed by atoms with van der Waals surface area (Å²) in [6.07, 6.45) is 5.05. The molecule has 0 radical (unpaired) electrons. The molecule has 1 aromatic carbocycles. The van der Waals surface area contributed by atoms with E-state index in [1.807, 2.05) is 42.5 Å². The third kappa shape index (κ3) is 3.08. The van der Waals surface area contributed by atoms with E-state index in [4.69, 9.17) is 14.0 Å². The van der Waals surface area contributed by atoms with Gasteiger partial charge in [-0.3, -0.25) is 9.59 Å². The molecule has 0 unspecified atom stereocenters. The zero-order valence-corrected chi connectivity index (χ0v) is 16.6. The van der Waals surface area contributed by atoms with E-state index >= 15 is 0 Å². The van der Waals surface area contributed by atoms with E-state index in [-0.39, 0.29) is 17.9 Å². The summed E-state index contributed by atoms with van der Waals surface area (Å²) >= 11 is 0. The largest absolute Gasteiger partial charge is 0.492 e. The first-order valence-electron chi connectivity index (χ1n) is 10.1. The summed E-state index contributed by atoms with van der Waals surface area (Å²) < 4.78 is 17.0. The fourth-order valence-electron chi connectivity index (χ4n) is 4.73. The molecule has 2 amide bonds. The van der Waals surface area contributed by atoms with Gasteiger partial charge in [-0.25, -0.2) is 0 Å². The number of ether oxygens (including phenoxy) is 2. The van der Waals surface area contributed by atoms with Gasteiger partial charge in [0.15, 0.2) is 5.76 Å². The minimum atomic E-state index is -0.720. The minimum Gasteiger partial charge on any atom is -0.492 e. The molecule has 1 aromatic heterocycles. The number of rotatable bonds is 7. The van der Waals surface area contributed by atoms with Crippen LogP contribution in [0, 0.1) is 11.8 Å². The van der Waals surface area contributed by atoms with Crippen LogP contribution in [0.25, 0.3) is 0 Å². The Balaban J connectivity index is 1.27. The Kier molecular flexibility index (Phi) is 4.58. The summed E-state index contributed by atoms with van der Waals surface area (Å²) in [5, 5.41) is 3.67. The van der Waals surface area contributed by atoms with Crippen molar-refractivity contribution in [1.29, 1.82) is 0 Å². The molecule has 0 N–H and O–H groups in total. The topological polar surface area (TPSA) is 85.1 Å². The molecule has 2 saturated heterocycles. The molecule has 5 rings (SSSR count). The summed E-state index contributed by atoms with van der Waals surface area (Å²) in [6, 6.07) is 11.2. The van der Waals surface area contributed by atoms with Gasteiger partial charge in [-0.1, -0.05) is 35.5 Å². The van der Waals surface area contributed by atoms with Crippen molar-refractivity contribution in [2.45, 2.75) is 18.2 Å². The van der Waals surface area contributed by atoms with Crippen LogP contribution in [0.15, 0.2) is 59.3 Å². The van der Waals surface area contributed by atoms with Crippen molar-refractivity contribution in [3.8, 4) is 5.75 Å². The zero-order valence-electron chi connectivity index (χ0n) is 16.6. The number of likely N-dealkylation sites (tertiary alicyclic amines) is 1. The number of amides is 2. The number of benzene rings is 1. The SMILES string of the molecule is CN(Cc1ccno1)C(=O)[C@@H]1[C@@H]2C=C[C@@]3(CN(CCOc4ccccc4)C(=O)[C@H]13)O2. The molecule has 2 aromatic rings. The number of fused-ring (bicyclic) bond motifs is 1. The molecule has 156 valence electrons. The van der Waals surface area contributed by atoms with Crippen LogP contribution >= 0.6 is 0 Å². The number of para-hydroxylation sites is 1. The lowest BCUT2D eigenvalue weighted by molar-refractivity contribution is -0.143. The summed E-state index contributed by atoms with van der Waals surface area (Å²) in [7, 11) is 1.71. The van der Waals surface area contributed by atoms with Crippen LogP contribution in [0.2, 0.25) is 0 Å². The first-order valence-corrected chi connectivity index (χ1v) is 10.1. The second-order valence-corrected chi connectivity index (χ2v) is 7.99. The van der Waals surface area contributed by atoms with Gasteiger partial charge in [0.25, 0.3) is 0 Å². The van der Waals surface area contributed by atoms with Gasteiger partial charge in [-0.05, 0) is 12.1 Å². The maximum atomic E-state index is 13.2. The lowest BCUT2D eigenvalue weighted by atomic mass is 9.76. The molecule has 4 atom stereocenters. The molecule has 0 aliphatic carbocycles. The second-order valence-electron chi connectivity index (χ2n) is 7.99. The van der Waals surface area contributed by atoms with Gasteiger partial charge in [-0.15, -0.1) is 0 Å². The van der Waals surface area contributed by atoms with Crippen LogP contribution in [0.4, 0.5) is 0 Å². The van der Waals surface area contributed by atoms with Gasteiger partial charge in [-0.2, -0.15) is 0 Å². The monoisotopic (exact) mass is 409 g/mol. The third-order valence-electron chi connectivity index (χ3n) is 6.10. The average molecular weight is 409 g/mol. The molecular formula is C22H23N3O5. The molecule has 3 aliphatic rings. The van der Waals surface area contributed by atoms with Crippen molar-refractivity contribution in [3.05, 3.63) is 60.5 Å². The van der Waals surface area contributed by atoms with Gasteiger partial charge in [0.1, 0.15) is 18.0 Å². The number of aromatic nitrogens is 1. The Bertz CT molecular complexity index is 960. The Morgan fingerprint density at radius 2 is 2.17 bits per heavy atom. The molecule has 8 nitrogen and oxygen atoms in total. The van der Waals surface area contributed by atoms with Crippen molar-refractivity contribution in [2.75, 3.05) is 26.7 Å². The van der Waals surface area contributed by atoms with Gasteiger partial charge in [0.05, 0.1) is 43.8 Å². The number of hydrogen-bond acceptors (Lipinski definition) is 6. The predicted octanol–water partition coefficient (Wildman–Crippen LogP) is 1.49. The molecule has 30 heavy (non-hydrogen) atoms.